The Morgan fingerprint density at radius 3 is 2.63 bits per heavy atom. The molecule has 0 unspecified atom stereocenters. The number of carbonyl (C=O) groups is 2. The van der Waals surface area contributed by atoms with Crippen molar-refractivity contribution in [3.8, 4) is 0 Å². The minimum absolute atomic E-state index is 0.0931. The number of likely N-dealkylation sites (tertiary alicyclic amines) is 1. The summed E-state index contributed by atoms with van der Waals surface area (Å²) in [6.45, 7) is 5.75. The molecule has 0 saturated carbocycles. The van der Waals surface area contributed by atoms with Crippen LogP contribution in [0.25, 0.3) is 0 Å². The summed E-state index contributed by atoms with van der Waals surface area (Å²) in [5.74, 6) is -1.16. The SMILES string of the molecule is CC1(C)CCCN(C(=O)c2ccc(C(=O)O)cn2)C1. The maximum absolute atomic E-state index is 12.3. The second-order valence-electron chi connectivity index (χ2n) is 5.73. The summed E-state index contributed by atoms with van der Waals surface area (Å²) in [4.78, 5) is 28.8. The Hall–Kier alpha value is -1.91. The maximum Gasteiger partial charge on any atom is 0.337 e. The van der Waals surface area contributed by atoms with E-state index < -0.39 is 5.97 Å². The van der Waals surface area contributed by atoms with E-state index >= 15 is 0 Å². The fourth-order valence-electron chi connectivity index (χ4n) is 2.41. The molecule has 1 aromatic heterocycles. The number of carboxylic acid groups (broad SMARTS) is 1. The van der Waals surface area contributed by atoms with Gasteiger partial charge in [-0.25, -0.2) is 4.79 Å². The van der Waals surface area contributed by atoms with Crippen molar-refractivity contribution >= 4 is 11.9 Å². The summed E-state index contributed by atoms with van der Waals surface area (Å²) >= 11 is 0. The molecule has 0 radical (unpaired) electrons. The summed E-state index contributed by atoms with van der Waals surface area (Å²) < 4.78 is 0. The van der Waals surface area contributed by atoms with Gasteiger partial charge in [0.1, 0.15) is 5.69 Å². The van der Waals surface area contributed by atoms with Crippen LogP contribution in [0.5, 0.6) is 0 Å². The fraction of sp³-hybridized carbons (Fsp3) is 0.500. The van der Waals surface area contributed by atoms with Gasteiger partial charge in [-0.1, -0.05) is 13.8 Å². The number of aromatic carboxylic acids is 1. The predicted octanol–water partition coefficient (Wildman–Crippen LogP) is 2.04. The minimum atomic E-state index is -1.04. The highest BCUT2D eigenvalue weighted by atomic mass is 16.4. The largest absolute Gasteiger partial charge is 0.478 e. The molecule has 0 spiro atoms. The number of nitrogens with zero attached hydrogens (tertiary/aromatic N) is 2. The monoisotopic (exact) mass is 262 g/mol. The molecule has 1 fully saturated rings. The first-order valence-corrected chi connectivity index (χ1v) is 6.38. The van der Waals surface area contributed by atoms with Crippen molar-refractivity contribution < 1.29 is 14.7 Å². The Labute approximate surface area is 112 Å². The van der Waals surface area contributed by atoms with Gasteiger partial charge in [-0.15, -0.1) is 0 Å². The van der Waals surface area contributed by atoms with E-state index in [2.05, 4.69) is 18.8 Å². The van der Waals surface area contributed by atoms with E-state index in [0.29, 0.717) is 12.2 Å². The van der Waals surface area contributed by atoms with Gasteiger partial charge < -0.3 is 10.0 Å². The van der Waals surface area contributed by atoms with Crippen LogP contribution in [-0.4, -0.2) is 40.0 Å². The molecule has 1 N–H and O–H groups in total. The molecule has 1 aliphatic heterocycles. The van der Waals surface area contributed by atoms with Gasteiger partial charge in [-0.05, 0) is 30.4 Å². The number of aromatic nitrogens is 1. The van der Waals surface area contributed by atoms with Gasteiger partial charge in [-0.2, -0.15) is 0 Å². The van der Waals surface area contributed by atoms with Crippen molar-refractivity contribution in [1.82, 2.24) is 9.88 Å². The molecule has 1 aliphatic rings. The van der Waals surface area contributed by atoms with Gasteiger partial charge in [0, 0.05) is 19.3 Å². The first kappa shape index (κ1) is 13.5. The number of rotatable bonds is 2. The van der Waals surface area contributed by atoms with Gasteiger partial charge in [0.05, 0.1) is 5.56 Å². The van der Waals surface area contributed by atoms with Crippen molar-refractivity contribution in [2.24, 2.45) is 5.41 Å². The molecule has 5 heteroatoms. The highest BCUT2D eigenvalue weighted by Gasteiger charge is 2.30. The highest BCUT2D eigenvalue weighted by molar-refractivity contribution is 5.93. The van der Waals surface area contributed by atoms with Crippen LogP contribution >= 0.6 is 0 Å². The van der Waals surface area contributed by atoms with Gasteiger partial charge >= 0.3 is 5.97 Å². The molecule has 0 aliphatic carbocycles. The molecule has 5 nitrogen and oxygen atoms in total. The Bertz CT molecular complexity index is 494. The molecule has 1 aromatic rings. The lowest BCUT2D eigenvalue weighted by Crippen LogP contribution is -2.43. The van der Waals surface area contributed by atoms with E-state index in [9.17, 15) is 9.59 Å². The highest BCUT2D eigenvalue weighted by Crippen LogP contribution is 2.28. The lowest BCUT2D eigenvalue weighted by atomic mass is 9.84. The lowest BCUT2D eigenvalue weighted by molar-refractivity contribution is 0.0576. The van der Waals surface area contributed by atoms with E-state index in [4.69, 9.17) is 5.11 Å². The predicted molar refractivity (Wildman–Crippen MR) is 70.1 cm³/mol. The first-order valence-electron chi connectivity index (χ1n) is 6.38. The molecule has 0 bridgehead atoms. The number of hydrogen-bond donors (Lipinski definition) is 1. The third kappa shape index (κ3) is 3.10. The van der Waals surface area contributed by atoms with Crippen molar-refractivity contribution in [2.45, 2.75) is 26.7 Å². The molecule has 1 saturated heterocycles. The Morgan fingerprint density at radius 2 is 2.11 bits per heavy atom. The number of amides is 1. The Kier molecular flexibility index (Phi) is 3.55. The first-order chi connectivity index (χ1) is 8.89. The van der Waals surface area contributed by atoms with Crippen LogP contribution in [0.1, 0.15) is 47.5 Å². The fourth-order valence-corrected chi connectivity index (χ4v) is 2.41. The van der Waals surface area contributed by atoms with Crippen molar-refractivity contribution in [2.75, 3.05) is 13.1 Å². The van der Waals surface area contributed by atoms with Gasteiger partial charge in [0.15, 0.2) is 0 Å². The molecular weight excluding hydrogens is 244 g/mol. The third-order valence-corrected chi connectivity index (χ3v) is 3.42. The van der Waals surface area contributed by atoms with Crippen LogP contribution in [0, 0.1) is 5.41 Å². The maximum atomic E-state index is 12.3. The van der Waals surface area contributed by atoms with E-state index in [1.165, 1.54) is 18.3 Å². The number of hydrogen-bond acceptors (Lipinski definition) is 3. The Morgan fingerprint density at radius 1 is 1.37 bits per heavy atom. The Balaban J connectivity index is 2.13. The number of pyridine rings is 1. The summed E-state index contributed by atoms with van der Waals surface area (Å²) in [6, 6.07) is 2.89. The lowest BCUT2D eigenvalue weighted by Gasteiger charge is -2.37. The van der Waals surface area contributed by atoms with Crippen LogP contribution in [0.4, 0.5) is 0 Å². The summed E-state index contributed by atoms with van der Waals surface area (Å²) in [5, 5.41) is 8.80. The molecule has 102 valence electrons. The van der Waals surface area contributed by atoms with Crippen LogP contribution in [-0.2, 0) is 0 Å². The molecule has 0 atom stereocenters. The van der Waals surface area contributed by atoms with Gasteiger partial charge in [0.2, 0.25) is 0 Å². The molecule has 2 heterocycles. The van der Waals surface area contributed by atoms with E-state index in [1.807, 2.05) is 0 Å². The molecule has 1 amide bonds. The second kappa shape index (κ2) is 4.99. The standard InChI is InChI=1S/C14H18N2O3/c1-14(2)6-3-7-16(9-14)12(17)11-5-4-10(8-15-11)13(18)19/h4-5,8H,3,6-7,9H2,1-2H3,(H,18,19). The average Bonchev–Trinajstić information content (AvgIpc) is 2.37. The summed E-state index contributed by atoms with van der Waals surface area (Å²) in [5.41, 5.74) is 0.535. The third-order valence-electron chi connectivity index (χ3n) is 3.42. The second-order valence-corrected chi connectivity index (χ2v) is 5.73. The van der Waals surface area contributed by atoms with Crippen molar-refractivity contribution in [3.63, 3.8) is 0 Å². The summed E-state index contributed by atoms with van der Waals surface area (Å²) in [6.07, 6.45) is 3.33. The molecule has 0 aromatic carbocycles. The van der Waals surface area contributed by atoms with Crippen LogP contribution in [0.2, 0.25) is 0 Å². The molecular formula is C14H18N2O3. The number of piperidine rings is 1. The van der Waals surface area contributed by atoms with Crippen molar-refractivity contribution in [3.05, 3.63) is 29.6 Å². The molecule has 19 heavy (non-hydrogen) atoms. The topological polar surface area (TPSA) is 70.5 Å². The zero-order chi connectivity index (χ0) is 14.0. The van der Waals surface area contributed by atoms with Crippen molar-refractivity contribution in [1.29, 1.82) is 0 Å². The minimum Gasteiger partial charge on any atom is -0.478 e. The molecule has 2 rings (SSSR count). The van der Waals surface area contributed by atoms with Gasteiger partial charge in [-0.3, -0.25) is 9.78 Å². The zero-order valence-corrected chi connectivity index (χ0v) is 11.2. The summed E-state index contributed by atoms with van der Waals surface area (Å²) in [7, 11) is 0. The average molecular weight is 262 g/mol. The zero-order valence-electron chi connectivity index (χ0n) is 11.2. The van der Waals surface area contributed by atoms with E-state index in [-0.39, 0.29) is 16.9 Å². The van der Waals surface area contributed by atoms with E-state index in [1.54, 1.807) is 4.90 Å². The smallest absolute Gasteiger partial charge is 0.337 e. The quantitative estimate of drug-likeness (QED) is 0.885. The van der Waals surface area contributed by atoms with Crippen LogP contribution in [0.3, 0.4) is 0 Å². The number of carbonyl (C=O) groups excluding carboxylic acids is 1. The number of carboxylic acids is 1. The van der Waals surface area contributed by atoms with E-state index in [0.717, 1.165) is 19.4 Å². The van der Waals surface area contributed by atoms with Crippen LogP contribution in [0.15, 0.2) is 18.3 Å². The van der Waals surface area contributed by atoms with Gasteiger partial charge in [0.25, 0.3) is 5.91 Å². The van der Waals surface area contributed by atoms with Crippen LogP contribution < -0.4 is 0 Å². The normalized spacial score (nSPS) is 18.1.